The van der Waals surface area contributed by atoms with Crippen LogP contribution in [0.2, 0.25) is 0 Å². The Labute approximate surface area is 249 Å². The number of aromatic hydroxyl groups is 2. The molecular formula is C37H28O6. The zero-order chi connectivity index (χ0) is 29.4. The summed E-state index contributed by atoms with van der Waals surface area (Å²) in [6.45, 7) is 0. The summed E-state index contributed by atoms with van der Waals surface area (Å²) in [5.41, 5.74) is 1.58. The summed E-state index contributed by atoms with van der Waals surface area (Å²) in [6.07, 6.45) is 0.382. The summed E-state index contributed by atoms with van der Waals surface area (Å²) in [6, 6.07) is 44.0. The minimum atomic E-state index is -0.122. The zero-order valence-electron chi connectivity index (χ0n) is 23.1. The molecule has 0 aromatic heterocycles. The van der Waals surface area contributed by atoms with E-state index >= 15 is 0 Å². The van der Waals surface area contributed by atoms with E-state index in [4.69, 9.17) is 18.9 Å². The Balaban J connectivity index is 1.39. The van der Waals surface area contributed by atoms with Gasteiger partial charge < -0.3 is 29.2 Å². The van der Waals surface area contributed by atoms with E-state index in [2.05, 4.69) is 0 Å². The van der Waals surface area contributed by atoms with Crippen molar-refractivity contribution in [2.45, 2.75) is 6.42 Å². The summed E-state index contributed by atoms with van der Waals surface area (Å²) >= 11 is 0. The van der Waals surface area contributed by atoms with Crippen LogP contribution in [0.25, 0.3) is 0 Å². The van der Waals surface area contributed by atoms with Crippen LogP contribution in [0.15, 0.2) is 146 Å². The summed E-state index contributed by atoms with van der Waals surface area (Å²) in [7, 11) is 0. The minimum Gasteiger partial charge on any atom is -0.502 e. The first-order valence-electron chi connectivity index (χ1n) is 13.7. The van der Waals surface area contributed by atoms with E-state index in [1.807, 2.05) is 121 Å². The Morgan fingerprint density at radius 2 is 0.581 bits per heavy atom. The summed E-state index contributed by atoms with van der Waals surface area (Å²) in [4.78, 5) is 0. The van der Waals surface area contributed by atoms with Crippen LogP contribution in [0.3, 0.4) is 0 Å². The molecule has 0 heterocycles. The quantitative estimate of drug-likeness (QED) is 0.171. The molecule has 0 aliphatic rings. The smallest absolute Gasteiger partial charge is 0.202 e. The van der Waals surface area contributed by atoms with Crippen molar-refractivity contribution >= 4 is 0 Å². The first-order chi connectivity index (χ1) is 21.1. The van der Waals surface area contributed by atoms with Crippen LogP contribution in [-0.4, -0.2) is 10.2 Å². The molecule has 0 unspecified atom stereocenters. The lowest BCUT2D eigenvalue weighted by Gasteiger charge is -2.17. The van der Waals surface area contributed by atoms with Crippen molar-refractivity contribution in [3.05, 3.63) is 157 Å². The van der Waals surface area contributed by atoms with Crippen molar-refractivity contribution in [3.63, 3.8) is 0 Å². The second kappa shape index (κ2) is 12.7. The lowest BCUT2D eigenvalue weighted by molar-refractivity contribution is 0.376. The summed E-state index contributed by atoms with van der Waals surface area (Å²) in [5, 5.41) is 22.3. The van der Waals surface area contributed by atoms with Gasteiger partial charge in [-0.1, -0.05) is 72.8 Å². The van der Waals surface area contributed by atoms with Gasteiger partial charge in [0.25, 0.3) is 0 Å². The van der Waals surface area contributed by atoms with Crippen LogP contribution in [0.4, 0.5) is 0 Å². The van der Waals surface area contributed by atoms with Crippen molar-refractivity contribution in [3.8, 4) is 57.5 Å². The number of hydrogen-bond donors (Lipinski definition) is 2. The van der Waals surface area contributed by atoms with Crippen LogP contribution in [0.1, 0.15) is 11.1 Å². The topological polar surface area (TPSA) is 77.4 Å². The fraction of sp³-hybridized carbons (Fsp3) is 0.0270. The van der Waals surface area contributed by atoms with E-state index in [0.717, 1.165) is 11.1 Å². The van der Waals surface area contributed by atoms with Gasteiger partial charge in [0.05, 0.1) is 0 Å². The molecule has 0 spiro atoms. The van der Waals surface area contributed by atoms with Gasteiger partial charge in [-0.25, -0.2) is 0 Å². The number of phenols is 2. The molecule has 0 saturated heterocycles. The molecule has 0 bridgehead atoms. The average molecular weight is 569 g/mol. The number of phenolic OH excluding ortho intramolecular Hbond substituents is 2. The molecule has 43 heavy (non-hydrogen) atoms. The average Bonchev–Trinajstić information content (AvgIpc) is 3.04. The van der Waals surface area contributed by atoms with Crippen LogP contribution < -0.4 is 18.9 Å². The third-order valence-corrected chi connectivity index (χ3v) is 6.49. The predicted octanol–water partition coefficient (Wildman–Crippen LogP) is 9.86. The number of hydrogen-bond acceptors (Lipinski definition) is 6. The number of ether oxygens (including phenoxy) is 4. The van der Waals surface area contributed by atoms with Gasteiger partial charge in [0.1, 0.15) is 23.0 Å². The third-order valence-electron chi connectivity index (χ3n) is 6.49. The molecule has 2 N–H and O–H groups in total. The van der Waals surface area contributed by atoms with Gasteiger partial charge in [-0.05, 0) is 90.3 Å². The highest BCUT2D eigenvalue weighted by molar-refractivity contribution is 5.59. The fourth-order valence-electron chi connectivity index (χ4n) is 4.49. The van der Waals surface area contributed by atoms with E-state index in [-0.39, 0.29) is 34.5 Å². The van der Waals surface area contributed by atoms with Gasteiger partial charge in [-0.3, -0.25) is 0 Å². The van der Waals surface area contributed by atoms with Crippen LogP contribution >= 0.6 is 0 Å². The molecule has 0 radical (unpaired) electrons. The minimum absolute atomic E-state index is 0.122. The Morgan fingerprint density at radius 3 is 0.814 bits per heavy atom. The molecule has 0 aliphatic heterocycles. The summed E-state index contributed by atoms with van der Waals surface area (Å²) < 4.78 is 24.3. The first kappa shape index (κ1) is 27.3. The van der Waals surface area contributed by atoms with Gasteiger partial charge >= 0.3 is 0 Å². The van der Waals surface area contributed by atoms with Crippen LogP contribution in [0.5, 0.6) is 57.5 Å². The maximum Gasteiger partial charge on any atom is 0.202 e. The molecule has 6 nitrogen and oxygen atoms in total. The Kier molecular flexibility index (Phi) is 8.09. The van der Waals surface area contributed by atoms with Crippen molar-refractivity contribution in [1.82, 2.24) is 0 Å². The monoisotopic (exact) mass is 568 g/mol. The molecular weight excluding hydrogens is 540 g/mol. The second-order valence-electron chi connectivity index (χ2n) is 9.72. The lowest BCUT2D eigenvalue weighted by Crippen LogP contribution is -1.96. The molecule has 6 heteroatoms. The molecule has 6 aromatic rings. The number of rotatable bonds is 10. The largest absolute Gasteiger partial charge is 0.502 e. The fourth-order valence-corrected chi connectivity index (χ4v) is 4.49. The van der Waals surface area contributed by atoms with Gasteiger partial charge in [-0.15, -0.1) is 0 Å². The van der Waals surface area contributed by atoms with Gasteiger partial charge in [0, 0.05) is 0 Å². The number of benzene rings is 6. The van der Waals surface area contributed by atoms with E-state index < -0.39 is 0 Å². The first-order valence-corrected chi connectivity index (χ1v) is 13.7. The Bertz CT molecular complexity index is 1530. The molecule has 6 rings (SSSR count). The van der Waals surface area contributed by atoms with Crippen molar-refractivity contribution in [1.29, 1.82) is 0 Å². The molecule has 212 valence electrons. The third kappa shape index (κ3) is 6.89. The number of para-hydroxylation sites is 4. The molecule has 6 aromatic carbocycles. The van der Waals surface area contributed by atoms with Gasteiger partial charge in [0.2, 0.25) is 11.5 Å². The van der Waals surface area contributed by atoms with E-state index in [9.17, 15) is 10.2 Å². The van der Waals surface area contributed by atoms with Crippen molar-refractivity contribution < 1.29 is 29.2 Å². The summed E-state index contributed by atoms with van der Waals surface area (Å²) in [5.74, 6) is 3.02. The van der Waals surface area contributed by atoms with Gasteiger partial charge in [-0.2, -0.15) is 0 Å². The Hall–Kier alpha value is -5.88. The molecule has 0 saturated carbocycles. The van der Waals surface area contributed by atoms with E-state index in [0.29, 0.717) is 29.4 Å². The molecule has 0 fully saturated rings. The predicted molar refractivity (Wildman–Crippen MR) is 165 cm³/mol. The highest BCUT2D eigenvalue weighted by Crippen LogP contribution is 2.45. The normalized spacial score (nSPS) is 10.6. The lowest BCUT2D eigenvalue weighted by atomic mass is 10.0. The maximum absolute atomic E-state index is 11.1. The van der Waals surface area contributed by atoms with Gasteiger partial charge in [0.15, 0.2) is 23.0 Å². The second-order valence-corrected chi connectivity index (χ2v) is 9.72. The van der Waals surface area contributed by atoms with Crippen LogP contribution in [-0.2, 0) is 6.42 Å². The molecule has 0 aliphatic carbocycles. The molecule has 0 amide bonds. The zero-order valence-corrected chi connectivity index (χ0v) is 23.1. The SMILES string of the molecule is Oc1c(Oc2ccccc2)cc(Cc2cc(Oc3ccccc3)c(O)c(Oc3ccccc3)c2)cc1Oc1ccccc1. The Morgan fingerprint density at radius 1 is 0.349 bits per heavy atom. The van der Waals surface area contributed by atoms with E-state index in [1.54, 1.807) is 24.3 Å². The van der Waals surface area contributed by atoms with Crippen LogP contribution in [0, 0.1) is 0 Å². The molecule has 0 atom stereocenters. The standard InChI is InChI=1S/C37H28O6/c38-36-32(40-28-13-5-1-6-14-28)22-26(23-33(36)41-29-15-7-2-8-16-29)21-27-24-34(42-30-17-9-3-10-18-30)37(39)35(25-27)43-31-19-11-4-12-20-31/h1-20,22-25,38-39H,21H2. The highest BCUT2D eigenvalue weighted by atomic mass is 16.5. The van der Waals surface area contributed by atoms with Crippen molar-refractivity contribution in [2.75, 3.05) is 0 Å². The van der Waals surface area contributed by atoms with E-state index in [1.165, 1.54) is 0 Å². The van der Waals surface area contributed by atoms with Crippen molar-refractivity contribution in [2.24, 2.45) is 0 Å². The maximum atomic E-state index is 11.1. The highest BCUT2D eigenvalue weighted by Gasteiger charge is 2.18.